The predicted octanol–water partition coefficient (Wildman–Crippen LogP) is 3.23. The maximum Gasteiger partial charge on any atom is 0.141 e. The van der Waals surface area contributed by atoms with Crippen molar-refractivity contribution in [2.24, 2.45) is 0 Å². The largest absolute Gasteiger partial charge is 0.310 e. The van der Waals surface area contributed by atoms with Crippen LogP contribution in [-0.4, -0.2) is 20.6 Å². The first-order chi connectivity index (χ1) is 10.1. The molecule has 0 atom stereocenters. The number of nitrogens with zero attached hydrogens (tertiary/aromatic N) is 3. The van der Waals surface area contributed by atoms with E-state index in [-0.39, 0.29) is 0 Å². The van der Waals surface area contributed by atoms with Gasteiger partial charge in [0.1, 0.15) is 12.1 Å². The number of hydrogen-bond donors (Lipinski definition) is 1. The smallest absolute Gasteiger partial charge is 0.141 e. The van der Waals surface area contributed by atoms with Gasteiger partial charge in [0.2, 0.25) is 0 Å². The molecule has 0 saturated carbocycles. The molecular weight excluding hydrogens is 260 g/mol. The maximum absolute atomic E-state index is 4.63. The number of rotatable bonds is 4. The summed E-state index contributed by atoms with van der Waals surface area (Å²) in [7, 11) is 0. The van der Waals surface area contributed by atoms with Crippen molar-refractivity contribution in [1.29, 1.82) is 0 Å². The fourth-order valence-corrected chi connectivity index (χ4v) is 2.42. The molecule has 0 bridgehead atoms. The van der Waals surface area contributed by atoms with E-state index in [2.05, 4.69) is 48.2 Å². The molecule has 21 heavy (non-hydrogen) atoms. The van der Waals surface area contributed by atoms with Gasteiger partial charge in [-0.05, 0) is 36.2 Å². The second kappa shape index (κ2) is 5.66. The monoisotopic (exact) mass is 280 g/mol. The summed E-state index contributed by atoms with van der Waals surface area (Å²) in [5.74, 6) is 0.942. The summed E-state index contributed by atoms with van der Waals surface area (Å²) in [6.07, 6.45) is 3.78. The van der Waals surface area contributed by atoms with Crippen molar-refractivity contribution >= 4 is 11.0 Å². The Hall–Kier alpha value is -2.20. The first kappa shape index (κ1) is 13.8. The van der Waals surface area contributed by atoms with Gasteiger partial charge >= 0.3 is 0 Å². The van der Waals surface area contributed by atoms with E-state index in [1.807, 2.05) is 35.3 Å². The lowest BCUT2D eigenvalue weighted by Gasteiger charge is -2.11. The molecule has 3 rings (SSSR count). The van der Waals surface area contributed by atoms with Gasteiger partial charge < -0.3 is 5.32 Å². The zero-order valence-corrected chi connectivity index (χ0v) is 12.7. The van der Waals surface area contributed by atoms with Gasteiger partial charge in [-0.25, -0.2) is 9.97 Å². The van der Waals surface area contributed by atoms with Crippen LogP contribution in [0.5, 0.6) is 0 Å². The zero-order valence-electron chi connectivity index (χ0n) is 12.7. The summed E-state index contributed by atoms with van der Waals surface area (Å²) in [5, 5.41) is 3.41. The number of fused-ring (bicyclic) bond motifs is 1. The van der Waals surface area contributed by atoms with Crippen molar-refractivity contribution in [1.82, 2.24) is 19.9 Å². The van der Waals surface area contributed by atoms with Gasteiger partial charge in [0.15, 0.2) is 0 Å². The van der Waals surface area contributed by atoms with Crippen LogP contribution in [0.15, 0.2) is 42.9 Å². The lowest BCUT2D eigenvalue weighted by atomic mass is 10.2. The molecule has 1 N–H and O–H groups in total. The standard InChI is InChI=1S/C17H20N4/c1-12(2)18-9-14-8-13(3)17(19-10-14)21-11-20-15-6-4-5-7-16(15)21/h4-8,10-12,18H,9H2,1-3H3. The summed E-state index contributed by atoms with van der Waals surface area (Å²) < 4.78 is 2.05. The summed E-state index contributed by atoms with van der Waals surface area (Å²) in [6, 6.07) is 10.8. The lowest BCUT2D eigenvalue weighted by Crippen LogP contribution is -2.22. The van der Waals surface area contributed by atoms with E-state index in [9.17, 15) is 0 Å². The number of hydrogen-bond acceptors (Lipinski definition) is 3. The Bertz CT molecular complexity index is 758. The van der Waals surface area contributed by atoms with Crippen LogP contribution in [0.25, 0.3) is 16.9 Å². The Balaban J connectivity index is 1.96. The van der Waals surface area contributed by atoms with Gasteiger partial charge in [0.25, 0.3) is 0 Å². The third kappa shape index (κ3) is 2.81. The van der Waals surface area contributed by atoms with E-state index in [0.717, 1.165) is 29.0 Å². The highest BCUT2D eigenvalue weighted by atomic mass is 15.1. The second-order valence-corrected chi connectivity index (χ2v) is 5.62. The van der Waals surface area contributed by atoms with Gasteiger partial charge in [0.05, 0.1) is 11.0 Å². The lowest BCUT2D eigenvalue weighted by molar-refractivity contribution is 0.587. The number of aromatic nitrogens is 3. The number of nitrogens with one attached hydrogen (secondary N) is 1. The van der Waals surface area contributed by atoms with Crippen molar-refractivity contribution in [3.05, 3.63) is 54.0 Å². The molecule has 0 aliphatic heterocycles. The molecular formula is C17H20N4. The molecule has 0 spiro atoms. The van der Waals surface area contributed by atoms with Crippen LogP contribution in [0.4, 0.5) is 0 Å². The normalized spacial score (nSPS) is 11.4. The summed E-state index contributed by atoms with van der Waals surface area (Å²) in [6.45, 7) is 7.23. The molecule has 4 nitrogen and oxygen atoms in total. The van der Waals surface area contributed by atoms with E-state index in [0.29, 0.717) is 6.04 Å². The Morgan fingerprint density at radius 1 is 1.19 bits per heavy atom. The summed E-state index contributed by atoms with van der Waals surface area (Å²) >= 11 is 0. The molecule has 0 saturated heterocycles. The fraction of sp³-hybridized carbons (Fsp3) is 0.294. The fourth-order valence-electron chi connectivity index (χ4n) is 2.42. The SMILES string of the molecule is Cc1cc(CNC(C)C)cnc1-n1cnc2ccccc21. The molecule has 1 aromatic carbocycles. The van der Waals surface area contributed by atoms with Crippen LogP contribution in [0.3, 0.4) is 0 Å². The number of pyridine rings is 1. The molecule has 0 fully saturated rings. The molecule has 0 aliphatic rings. The molecule has 2 heterocycles. The average Bonchev–Trinajstić information content (AvgIpc) is 2.89. The van der Waals surface area contributed by atoms with E-state index in [1.54, 1.807) is 0 Å². The topological polar surface area (TPSA) is 42.7 Å². The van der Waals surface area contributed by atoms with Gasteiger partial charge in [-0.1, -0.05) is 26.0 Å². The highest BCUT2D eigenvalue weighted by Crippen LogP contribution is 2.19. The van der Waals surface area contributed by atoms with Crippen molar-refractivity contribution in [2.45, 2.75) is 33.4 Å². The maximum atomic E-state index is 4.63. The third-order valence-corrected chi connectivity index (χ3v) is 3.50. The van der Waals surface area contributed by atoms with E-state index in [4.69, 9.17) is 0 Å². The minimum absolute atomic E-state index is 0.475. The van der Waals surface area contributed by atoms with Gasteiger partial charge in [0, 0.05) is 18.8 Å². The van der Waals surface area contributed by atoms with Gasteiger partial charge in [-0.3, -0.25) is 4.57 Å². The first-order valence-corrected chi connectivity index (χ1v) is 7.26. The van der Waals surface area contributed by atoms with Crippen LogP contribution in [0, 0.1) is 6.92 Å². The van der Waals surface area contributed by atoms with E-state index in [1.165, 1.54) is 5.56 Å². The molecule has 0 amide bonds. The van der Waals surface area contributed by atoms with Crippen LogP contribution in [0.2, 0.25) is 0 Å². The second-order valence-electron chi connectivity index (χ2n) is 5.62. The van der Waals surface area contributed by atoms with Crippen LogP contribution in [0.1, 0.15) is 25.0 Å². The number of benzene rings is 1. The molecule has 4 heteroatoms. The van der Waals surface area contributed by atoms with Gasteiger partial charge in [-0.2, -0.15) is 0 Å². The average molecular weight is 280 g/mol. The van der Waals surface area contributed by atoms with E-state index < -0.39 is 0 Å². The predicted molar refractivity (Wildman–Crippen MR) is 85.6 cm³/mol. The highest BCUT2D eigenvalue weighted by Gasteiger charge is 2.08. The minimum Gasteiger partial charge on any atom is -0.310 e. The Kier molecular flexibility index (Phi) is 3.71. The minimum atomic E-state index is 0.475. The van der Waals surface area contributed by atoms with Crippen LogP contribution < -0.4 is 5.32 Å². The third-order valence-electron chi connectivity index (χ3n) is 3.50. The molecule has 2 aromatic heterocycles. The van der Waals surface area contributed by atoms with Crippen molar-refractivity contribution in [3.8, 4) is 5.82 Å². The molecule has 3 aromatic rings. The first-order valence-electron chi connectivity index (χ1n) is 7.26. The van der Waals surface area contributed by atoms with E-state index >= 15 is 0 Å². The van der Waals surface area contributed by atoms with Crippen LogP contribution >= 0.6 is 0 Å². The summed E-state index contributed by atoms with van der Waals surface area (Å²) in [4.78, 5) is 9.06. The van der Waals surface area contributed by atoms with Crippen molar-refractivity contribution in [3.63, 3.8) is 0 Å². The quantitative estimate of drug-likeness (QED) is 0.798. The number of aryl methyl sites for hydroxylation is 1. The van der Waals surface area contributed by atoms with Crippen molar-refractivity contribution in [2.75, 3.05) is 0 Å². The van der Waals surface area contributed by atoms with Crippen molar-refractivity contribution < 1.29 is 0 Å². The Morgan fingerprint density at radius 3 is 2.76 bits per heavy atom. The number of para-hydroxylation sites is 2. The Morgan fingerprint density at radius 2 is 2.00 bits per heavy atom. The number of imidazole rings is 1. The molecule has 108 valence electrons. The molecule has 0 radical (unpaired) electrons. The van der Waals surface area contributed by atoms with Gasteiger partial charge in [-0.15, -0.1) is 0 Å². The summed E-state index contributed by atoms with van der Waals surface area (Å²) in [5.41, 5.74) is 4.43. The molecule has 0 aliphatic carbocycles. The van der Waals surface area contributed by atoms with Crippen LogP contribution in [-0.2, 0) is 6.54 Å². The zero-order chi connectivity index (χ0) is 14.8. The Labute approximate surface area is 124 Å². The molecule has 0 unspecified atom stereocenters. The highest BCUT2D eigenvalue weighted by molar-refractivity contribution is 5.77.